The molecular formula is C17H19N5O. The number of rotatable bonds is 3. The normalized spacial score (nSPS) is 17.6. The molecule has 1 saturated heterocycles. The molecule has 2 heterocycles. The third kappa shape index (κ3) is 3.51. The first kappa shape index (κ1) is 15.1. The maximum atomic E-state index is 12.2. The molecule has 23 heavy (non-hydrogen) atoms. The molecular weight excluding hydrogens is 290 g/mol. The molecule has 1 aromatic carbocycles. The van der Waals surface area contributed by atoms with E-state index in [1.54, 1.807) is 24.1 Å². The second-order valence-electron chi connectivity index (χ2n) is 5.82. The number of carbonyl (C=O) groups is 1. The second-order valence-corrected chi connectivity index (χ2v) is 5.82. The van der Waals surface area contributed by atoms with E-state index in [-0.39, 0.29) is 11.9 Å². The van der Waals surface area contributed by atoms with Gasteiger partial charge in [0.15, 0.2) is 0 Å². The van der Waals surface area contributed by atoms with Crippen LogP contribution < -0.4 is 10.2 Å². The number of hydrogen-bond donors (Lipinski definition) is 1. The number of aryl methyl sites for hydroxylation is 1. The van der Waals surface area contributed by atoms with Crippen molar-refractivity contribution in [2.75, 3.05) is 18.0 Å². The van der Waals surface area contributed by atoms with E-state index < -0.39 is 0 Å². The van der Waals surface area contributed by atoms with Crippen LogP contribution >= 0.6 is 0 Å². The Morgan fingerprint density at radius 2 is 2.17 bits per heavy atom. The van der Waals surface area contributed by atoms with Crippen LogP contribution in [-0.2, 0) is 7.05 Å². The Kier molecular flexibility index (Phi) is 4.29. The molecule has 1 aromatic heterocycles. The van der Waals surface area contributed by atoms with Gasteiger partial charge in [-0.2, -0.15) is 10.4 Å². The quantitative estimate of drug-likeness (QED) is 0.936. The molecule has 1 amide bonds. The molecule has 1 unspecified atom stereocenters. The SMILES string of the molecule is Cn1cc(C(=O)NC2CCCN(c3ccc(C#N)cc3)C2)cn1. The minimum absolute atomic E-state index is 0.0789. The van der Waals surface area contributed by atoms with Gasteiger partial charge in [0.1, 0.15) is 0 Å². The van der Waals surface area contributed by atoms with Gasteiger partial charge in [-0.1, -0.05) is 0 Å². The highest BCUT2D eigenvalue weighted by atomic mass is 16.1. The Hall–Kier alpha value is -2.81. The zero-order valence-electron chi connectivity index (χ0n) is 13.1. The van der Waals surface area contributed by atoms with Crippen molar-refractivity contribution in [3.8, 4) is 6.07 Å². The Labute approximate surface area is 135 Å². The summed E-state index contributed by atoms with van der Waals surface area (Å²) >= 11 is 0. The van der Waals surface area contributed by atoms with Gasteiger partial charge in [-0.25, -0.2) is 0 Å². The summed E-state index contributed by atoms with van der Waals surface area (Å²) in [6.45, 7) is 1.74. The van der Waals surface area contributed by atoms with Crippen molar-refractivity contribution < 1.29 is 4.79 Å². The first-order valence-electron chi connectivity index (χ1n) is 7.70. The zero-order valence-corrected chi connectivity index (χ0v) is 13.1. The molecule has 0 bridgehead atoms. The minimum Gasteiger partial charge on any atom is -0.369 e. The fourth-order valence-corrected chi connectivity index (χ4v) is 2.88. The van der Waals surface area contributed by atoms with Gasteiger partial charge in [0, 0.05) is 38.1 Å². The van der Waals surface area contributed by atoms with E-state index in [4.69, 9.17) is 5.26 Å². The Bertz CT molecular complexity index is 728. The van der Waals surface area contributed by atoms with E-state index >= 15 is 0 Å². The van der Waals surface area contributed by atoms with Crippen molar-refractivity contribution in [2.45, 2.75) is 18.9 Å². The van der Waals surface area contributed by atoms with Crippen LogP contribution in [0.5, 0.6) is 0 Å². The predicted molar refractivity (Wildman–Crippen MR) is 87.1 cm³/mol. The molecule has 0 aliphatic carbocycles. The number of hydrogen-bond acceptors (Lipinski definition) is 4. The smallest absolute Gasteiger partial charge is 0.254 e. The summed E-state index contributed by atoms with van der Waals surface area (Å²) in [4.78, 5) is 14.5. The average Bonchev–Trinajstić information content (AvgIpc) is 3.02. The highest BCUT2D eigenvalue weighted by Gasteiger charge is 2.22. The number of aromatic nitrogens is 2. The van der Waals surface area contributed by atoms with E-state index in [0.717, 1.165) is 31.6 Å². The molecule has 1 aliphatic rings. The maximum absolute atomic E-state index is 12.2. The van der Waals surface area contributed by atoms with Crippen molar-refractivity contribution in [1.29, 1.82) is 5.26 Å². The second kappa shape index (κ2) is 6.53. The lowest BCUT2D eigenvalue weighted by Crippen LogP contribution is -2.47. The zero-order chi connectivity index (χ0) is 16.2. The molecule has 3 rings (SSSR count). The molecule has 0 radical (unpaired) electrons. The van der Waals surface area contributed by atoms with Gasteiger partial charge in [0.05, 0.1) is 23.4 Å². The van der Waals surface area contributed by atoms with Gasteiger partial charge in [0.25, 0.3) is 5.91 Å². The Morgan fingerprint density at radius 1 is 1.39 bits per heavy atom. The maximum Gasteiger partial charge on any atom is 0.254 e. The van der Waals surface area contributed by atoms with Crippen LogP contribution in [-0.4, -0.2) is 34.8 Å². The summed E-state index contributed by atoms with van der Waals surface area (Å²) in [7, 11) is 1.80. The molecule has 0 saturated carbocycles. The molecule has 2 aromatic rings. The molecule has 6 nitrogen and oxygen atoms in total. The van der Waals surface area contributed by atoms with Crippen LogP contribution in [0.3, 0.4) is 0 Å². The van der Waals surface area contributed by atoms with Crippen LogP contribution in [0.1, 0.15) is 28.8 Å². The third-order valence-corrected chi connectivity index (χ3v) is 4.09. The summed E-state index contributed by atoms with van der Waals surface area (Å²) < 4.78 is 1.62. The van der Waals surface area contributed by atoms with Crippen LogP contribution in [0.15, 0.2) is 36.7 Å². The highest BCUT2D eigenvalue weighted by Crippen LogP contribution is 2.20. The first-order chi connectivity index (χ1) is 11.2. The van der Waals surface area contributed by atoms with Gasteiger partial charge in [-0.05, 0) is 37.1 Å². The van der Waals surface area contributed by atoms with E-state index in [1.165, 1.54) is 0 Å². The number of anilines is 1. The molecule has 1 aliphatic heterocycles. The van der Waals surface area contributed by atoms with Gasteiger partial charge >= 0.3 is 0 Å². The van der Waals surface area contributed by atoms with Crippen LogP contribution in [0.2, 0.25) is 0 Å². The van der Waals surface area contributed by atoms with Crippen LogP contribution in [0, 0.1) is 11.3 Å². The predicted octanol–water partition coefficient (Wildman–Crippen LogP) is 1.69. The lowest BCUT2D eigenvalue weighted by Gasteiger charge is -2.34. The van der Waals surface area contributed by atoms with Crippen LogP contribution in [0.4, 0.5) is 5.69 Å². The standard InChI is InChI=1S/C17H19N5O/c1-21-11-14(10-19-21)17(23)20-15-3-2-8-22(12-15)16-6-4-13(9-18)5-7-16/h4-7,10-11,15H,2-3,8,12H2,1H3,(H,20,23). The molecule has 6 heteroatoms. The summed E-state index contributed by atoms with van der Waals surface area (Å²) in [5.41, 5.74) is 2.33. The largest absolute Gasteiger partial charge is 0.369 e. The third-order valence-electron chi connectivity index (χ3n) is 4.09. The number of amides is 1. The Balaban J connectivity index is 1.63. The van der Waals surface area contributed by atoms with Crippen molar-refractivity contribution in [3.63, 3.8) is 0 Å². The van der Waals surface area contributed by atoms with E-state index in [1.807, 2.05) is 24.3 Å². The molecule has 1 N–H and O–H groups in total. The van der Waals surface area contributed by atoms with E-state index in [9.17, 15) is 4.79 Å². The summed E-state index contributed by atoms with van der Waals surface area (Å²) in [6, 6.07) is 9.82. The van der Waals surface area contributed by atoms with Gasteiger partial charge in [0.2, 0.25) is 0 Å². The topological polar surface area (TPSA) is 74.0 Å². The van der Waals surface area contributed by atoms with E-state index in [0.29, 0.717) is 11.1 Å². The van der Waals surface area contributed by atoms with Gasteiger partial charge < -0.3 is 10.2 Å². The molecule has 118 valence electrons. The highest BCUT2D eigenvalue weighted by molar-refractivity contribution is 5.93. The van der Waals surface area contributed by atoms with Crippen molar-refractivity contribution in [3.05, 3.63) is 47.8 Å². The molecule has 1 fully saturated rings. The fraction of sp³-hybridized carbons (Fsp3) is 0.353. The molecule has 1 atom stereocenters. The Morgan fingerprint density at radius 3 is 2.83 bits per heavy atom. The lowest BCUT2D eigenvalue weighted by molar-refractivity contribution is 0.0933. The fourth-order valence-electron chi connectivity index (χ4n) is 2.88. The monoisotopic (exact) mass is 309 g/mol. The number of piperidine rings is 1. The number of nitriles is 1. The minimum atomic E-state index is -0.0789. The summed E-state index contributed by atoms with van der Waals surface area (Å²) in [5.74, 6) is -0.0789. The number of nitrogens with one attached hydrogen (secondary N) is 1. The summed E-state index contributed by atoms with van der Waals surface area (Å²) in [6.07, 6.45) is 5.30. The average molecular weight is 309 g/mol. The van der Waals surface area contributed by atoms with E-state index in [2.05, 4.69) is 21.4 Å². The van der Waals surface area contributed by atoms with Crippen molar-refractivity contribution in [2.24, 2.45) is 7.05 Å². The van der Waals surface area contributed by atoms with Crippen molar-refractivity contribution in [1.82, 2.24) is 15.1 Å². The summed E-state index contributed by atoms with van der Waals surface area (Å²) in [5, 5.41) is 16.0. The number of benzene rings is 1. The molecule has 0 spiro atoms. The van der Waals surface area contributed by atoms with Gasteiger partial charge in [-0.15, -0.1) is 0 Å². The van der Waals surface area contributed by atoms with Crippen LogP contribution in [0.25, 0.3) is 0 Å². The number of nitrogens with zero attached hydrogens (tertiary/aromatic N) is 4. The lowest BCUT2D eigenvalue weighted by atomic mass is 10.0. The number of carbonyl (C=O) groups excluding carboxylic acids is 1. The van der Waals surface area contributed by atoms with Gasteiger partial charge in [-0.3, -0.25) is 9.48 Å². The van der Waals surface area contributed by atoms with Crippen molar-refractivity contribution >= 4 is 11.6 Å². The first-order valence-corrected chi connectivity index (χ1v) is 7.70.